The molecule has 1 aromatic carbocycles. The monoisotopic (exact) mass is 632 g/mol. The molecule has 2 N–H and O–H groups in total. The molecule has 0 radical (unpaired) electrons. The maximum Gasteiger partial charge on any atom is 0.411 e. The lowest BCUT2D eigenvalue weighted by molar-refractivity contribution is -0.132. The summed E-state index contributed by atoms with van der Waals surface area (Å²) in [6.45, 7) is 12.2. The first-order chi connectivity index (χ1) is 20.4. The molecule has 2 heterocycles. The van der Waals surface area contributed by atoms with Gasteiger partial charge in [-0.2, -0.15) is 11.8 Å². The first-order valence-corrected chi connectivity index (χ1v) is 18.1. The molecule has 0 bridgehead atoms. The molecule has 3 aliphatic rings. The van der Waals surface area contributed by atoms with E-state index in [-0.39, 0.29) is 17.9 Å². The summed E-state index contributed by atoms with van der Waals surface area (Å²) in [5, 5.41) is 6.36. The molecule has 1 aliphatic carbocycles. The van der Waals surface area contributed by atoms with Crippen molar-refractivity contribution in [2.24, 2.45) is 5.92 Å². The number of hydrogen-bond acceptors (Lipinski definition) is 7. The first kappa shape index (κ1) is 34.0. The van der Waals surface area contributed by atoms with Gasteiger partial charge in [0.2, 0.25) is 11.8 Å². The smallest absolute Gasteiger partial charge is 0.411 e. The Bertz CT molecular complexity index is 1070. The molecule has 1 aromatic rings. The van der Waals surface area contributed by atoms with E-state index in [0.717, 1.165) is 38.2 Å². The van der Waals surface area contributed by atoms with Crippen molar-refractivity contribution in [1.29, 1.82) is 0 Å². The van der Waals surface area contributed by atoms with Gasteiger partial charge in [0.25, 0.3) is 0 Å². The van der Waals surface area contributed by atoms with Gasteiger partial charge in [0.15, 0.2) is 0 Å². The average molecular weight is 633 g/mol. The normalized spacial score (nSPS) is 22.6. The largest absolute Gasteiger partial charge is 0.444 e. The number of nitrogens with one attached hydrogen (secondary N) is 2. The summed E-state index contributed by atoms with van der Waals surface area (Å²) in [7, 11) is 0. The molecule has 3 amide bonds. The van der Waals surface area contributed by atoms with Crippen molar-refractivity contribution in [3.05, 3.63) is 35.9 Å². The number of carbonyl (C=O) groups excluding carboxylic acids is 3. The van der Waals surface area contributed by atoms with Gasteiger partial charge in [0.05, 0.1) is 5.88 Å². The number of ether oxygens (including phenoxy) is 1. The Balaban J connectivity index is 1.38. The van der Waals surface area contributed by atoms with Crippen molar-refractivity contribution in [3.63, 3.8) is 0 Å². The molecule has 43 heavy (non-hydrogen) atoms. The van der Waals surface area contributed by atoms with Gasteiger partial charge >= 0.3 is 6.09 Å². The van der Waals surface area contributed by atoms with E-state index >= 15 is 0 Å². The van der Waals surface area contributed by atoms with Crippen LogP contribution in [-0.4, -0.2) is 86.7 Å². The lowest BCUT2D eigenvalue weighted by atomic mass is 9.91. The minimum atomic E-state index is -0.729. The summed E-state index contributed by atoms with van der Waals surface area (Å²) in [4.78, 5) is 44.6. The molecule has 8 nitrogen and oxygen atoms in total. The molecule has 10 heteroatoms. The zero-order valence-electron chi connectivity index (χ0n) is 26.7. The highest BCUT2D eigenvalue weighted by molar-refractivity contribution is 8.01. The third-order valence-corrected chi connectivity index (χ3v) is 11.3. The van der Waals surface area contributed by atoms with Gasteiger partial charge in [-0.1, -0.05) is 49.6 Å². The Kier molecular flexibility index (Phi) is 12.2. The zero-order chi connectivity index (χ0) is 31.0. The van der Waals surface area contributed by atoms with Crippen molar-refractivity contribution >= 4 is 41.4 Å². The molecule has 2 aliphatic heterocycles. The first-order valence-electron chi connectivity index (χ1n) is 16.0. The molecular weight excluding hydrogens is 581 g/mol. The van der Waals surface area contributed by atoms with Crippen LogP contribution in [0.3, 0.4) is 0 Å². The van der Waals surface area contributed by atoms with Crippen LogP contribution >= 0.6 is 23.5 Å². The molecule has 0 aromatic heterocycles. The number of amides is 3. The summed E-state index contributed by atoms with van der Waals surface area (Å²) in [6, 6.07) is 9.18. The van der Waals surface area contributed by atoms with Gasteiger partial charge in [-0.25, -0.2) is 4.79 Å². The standard InChI is InChI=1S/C33H52N4O4S2/c1-32(2,3)41-31(40)37-23-43-33(4,5)28(37)30(39)35-27(22-42-21-25-14-10-7-11-15-25)29(38)34-26-16-18-36(19-17-26)20-24-12-8-6-9-13-24/h6,8-9,12-13,25-28H,7,10-11,14-23H2,1-5H3,(H,34,38)(H,35,39)/t27?,28-/m1/s1. The van der Waals surface area contributed by atoms with E-state index in [1.54, 1.807) is 23.5 Å². The number of hydrogen-bond donors (Lipinski definition) is 2. The molecule has 240 valence electrons. The van der Waals surface area contributed by atoms with Crippen molar-refractivity contribution in [2.75, 3.05) is 30.5 Å². The second kappa shape index (κ2) is 15.4. The van der Waals surface area contributed by atoms with Crippen LogP contribution in [0, 0.1) is 5.92 Å². The molecule has 1 saturated carbocycles. The van der Waals surface area contributed by atoms with E-state index < -0.39 is 28.5 Å². The Morgan fingerprint density at radius 1 is 1.05 bits per heavy atom. The van der Waals surface area contributed by atoms with Crippen LogP contribution in [0.2, 0.25) is 0 Å². The molecule has 2 atom stereocenters. The van der Waals surface area contributed by atoms with Crippen LogP contribution in [0.4, 0.5) is 4.79 Å². The van der Waals surface area contributed by atoms with Gasteiger partial charge in [-0.05, 0) is 77.5 Å². The Labute approximate surface area is 267 Å². The molecule has 4 rings (SSSR count). The quantitative estimate of drug-likeness (QED) is 0.344. The van der Waals surface area contributed by atoms with Crippen LogP contribution < -0.4 is 10.6 Å². The number of likely N-dealkylation sites (tertiary alicyclic amines) is 1. The van der Waals surface area contributed by atoms with Crippen LogP contribution in [0.15, 0.2) is 30.3 Å². The summed E-state index contributed by atoms with van der Waals surface area (Å²) in [5.41, 5.74) is 0.640. The van der Waals surface area contributed by atoms with Crippen molar-refractivity contribution in [1.82, 2.24) is 20.4 Å². The Morgan fingerprint density at radius 3 is 2.37 bits per heavy atom. The Hall–Kier alpha value is -1.91. The van der Waals surface area contributed by atoms with E-state index in [1.165, 1.54) is 42.6 Å². The highest BCUT2D eigenvalue weighted by Crippen LogP contribution is 2.40. The molecule has 3 fully saturated rings. The minimum Gasteiger partial charge on any atom is -0.444 e. The van der Waals surface area contributed by atoms with Gasteiger partial charge < -0.3 is 15.4 Å². The lowest BCUT2D eigenvalue weighted by Crippen LogP contribution is -2.59. The maximum absolute atomic E-state index is 13.9. The third-order valence-electron chi connectivity index (χ3n) is 8.60. The van der Waals surface area contributed by atoms with Crippen molar-refractivity contribution in [3.8, 4) is 0 Å². The van der Waals surface area contributed by atoms with Gasteiger partial charge in [0, 0.05) is 36.2 Å². The zero-order valence-corrected chi connectivity index (χ0v) is 28.4. The summed E-state index contributed by atoms with van der Waals surface area (Å²) < 4.78 is 5.12. The lowest BCUT2D eigenvalue weighted by Gasteiger charge is -2.34. The van der Waals surface area contributed by atoms with Crippen LogP contribution in [0.1, 0.15) is 85.1 Å². The summed E-state index contributed by atoms with van der Waals surface area (Å²) in [5.74, 6) is 2.16. The maximum atomic E-state index is 13.9. The fourth-order valence-electron chi connectivity index (χ4n) is 6.22. The molecule has 1 unspecified atom stereocenters. The fourth-order valence-corrected chi connectivity index (χ4v) is 8.61. The highest BCUT2D eigenvalue weighted by atomic mass is 32.2. The van der Waals surface area contributed by atoms with Crippen LogP contribution in [-0.2, 0) is 20.9 Å². The Morgan fingerprint density at radius 2 is 1.72 bits per heavy atom. The van der Waals surface area contributed by atoms with E-state index in [2.05, 4.69) is 39.8 Å². The summed E-state index contributed by atoms with van der Waals surface area (Å²) in [6.07, 6.45) is 7.64. The van der Waals surface area contributed by atoms with Gasteiger partial charge in [-0.15, -0.1) is 11.8 Å². The molecule has 0 spiro atoms. The second-order valence-electron chi connectivity index (χ2n) is 13.9. The minimum absolute atomic E-state index is 0.0824. The fraction of sp³-hybridized carbons (Fsp3) is 0.727. The number of rotatable bonds is 10. The van der Waals surface area contributed by atoms with Crippen LogP contribution in [0.5, 0.6) is 0 Å². The third kappa shape index (κ3) is 10.3. The van der Waals surface area contributed by atoms with Gasteiger partial charge in [-0.3, -0.25) is 19.4 Å². The van der Waals surface area contributed by atoms with E-state index in [4.69, 9.17) is 4.74 Å². The summed E-state index contributed by atoms with van der Waals surface area (Å²) >= 11 is 3.32. The van der Waals surface area contributed by atoms with Crippen molar-refractivity contribution < 1.29 is 19.1 Å². The SMILES string of the molecule is CC(C)(C)OC(=O)N1CSC(C)(C)[C@H]1C(=O)NC(CSCC1CCCCC1)C(=O)NC1CCN(Cc2ccccc2)CC1. The number of piperidine rings is 1. The average Bonchev–Trinajstić information content (AvgIpc) is 3.29. The van der Waals surface area contributed by atoms with E-state index in [0.29, 0.717) is 17.5 Å². The number of benzene rings is 1. The van der Waals surface area contributed by atoms with E-state index in [1.807, 2.05) is 40.7 Å². The highest BCUT2D eigenvalue weighted by Gasteiger charge is 2.49. The predicted molar refractivity (Wildman–Crippen MR) is 177 cm³/mol. The van der Waals surface area contributed by atoms with Gasteiger partial charge in [0.1, 0.15) is 17.7 Å². The van der Waals surface area contributed by atoms with Crippen LogP contribution in [0.25, 0.3) is 0 Å². The number of thioether (sulfide) groups is 2. The molecular formula is C33H52N4O4S2. The van der Waals surface area contributed by atoms with E-state index in [9.17, 15) is 14.4 Å². The second-order valence-corrected chi connectivity index (χ2v) is 16.6. The van der Waals surface area contributed by atoms with Crippen molar-refractivity contribution in [2.45, 2.75) is 115 Å². The topological polar surface area (TPSA) is 91.0 Å². The molecule has 2 saturated heterocycles. The number of nitrogens with zero attached hydrogens (tertiary/aromatic N) is 2. The number of carbonyl (C=O) groups is 3. The predicted octanol–water partition coefficient (Wildman–Crippen LogP) is 5.65.